The molecule has 2 aromatic carbocycles. The molecule has 0 fully saturated rings. The maximum atomic E-state index is 10.2. The van der Waals surface area contributed by atoms with E-state index in [1.807, 2.05) is 60.7 Å². The van der Waals surface area contributed by atoms with E-state index in [0.29, 0.717) is 11.5 Å². The van der Waals surface area contributed by atoms with Crippen LogP contribution in [0.2, 0.25) is 0 Å². The second kappa shape index (κ2) is 5.51. The van der Waals surface area contributed by atoms with E-state index in [9.17, 15) is 5.11 Å². The van der Waals surface area contributed by atoms with E-state index in [1.165, 1.54) is 0 Å². The highest BCUT2D eigenvalue weighted by molar-refractivity contribution is 7.99. The van der Waals surface area contributed by atoms with Crippen LogP contribution in [0.1, 0.15) is 11.9 Å². The van der Waals surface area contributed by atoms with Gasteiger partial charge < -0.3 is 9.52 Å². The Hall–Kier alpha value is -1.71. The van der Waals surface area contributed by atoms with Gasteiger partial charge in [0.25, 0.3) is 0 Å². The molecule has 0 bridgehead atoms. The van der Waals surface area contributed by atoms with Crippen LogP contribution in [-0.2, 0) is 0 Å². The number of hydrogen-bond acceptors (Lipinski definition) is 3. The fraction of sp³-hybridized carbons (Fsp3) is 0.125. The Morgan fingerprint density at radius 1 is 1.00 bits per heavy atom. The molecule has 0 spiro atoms. The summed E-state index contributed by atoms with van der Waals surface area (Å²) in [5, 5.41) is 11.2. The molecule has 0 aliphatic rings. The number of benzene rings is 2. The second-order valence-corrected chi connectivity index (χ2v) is 5.42. The molecule has 1 atom stereocenters. The van der Waals surface area contributed by atoms with E-state index in [0.717, 1.165) is 15.9 Å². The maximum absolute atomic E-state index is 10.2. The van der Waals surface area contributed by atoms with Gasteiger partial charge in [-0.05, 0) is 24.3 Å². The summed E-state index contributed by atoms with van der Waals surface area (Å²) in [6.07, 6.45) is -0.586. The van der Waals surface area contributed by atoms with Gasteiger partial charge >= 0.3 is 0 Å². The molecule has 3 heteroatoms. The van der Waals surface area contributed by atoms with Crippen LogP contribution in [0.4, 0.5) is 0 Å². The minimum atomic E-state index is -0.586. The lowest BCUT2D eigenvalue weighted by Crippen LogP contribution is -1.98. The summed E-state index contributed by atoms with van der Waals surface area (Å²) in [4.78, 5) is 1.15. The average molecular weight is 270 g/mol. The molecule has 0 amide bonds. The molecule has 1 heterocycles. The highest BCUT2D eigenvalue weighted by Crippen LogP contribution is 2.28. The summed E-state index contributed by atoms with van der Waals surface area (Å²) in [5.74, 6) is 1.22. The summed E-state index contributed by atoms with van der Waals surface area (Å²) < 4.78 is 5.65. The molecule has 1 unspecified atom stereocenters. The molecular weight excluding hydrogens is 256 g/mol. The number of thioether (sulfide) groups is 1. The number of furan rings is 1. The van der Waals surface area contributed by atoms with Crippen molar-refractivity contribution in [2.45, 2.75) is 11.0 Å². The fourth-order valence-corrected chi connectivity index (χ4v) is 2.80. The fourth-order valence-electron chi connectivity index (χ4n) is 1.94. The van der Waals surface area contributed by atoms with Crippen molar-refractivity contribution in [3.05, 3.63) is 66.4 Å². The molecule has 1 N–H and O–H groups in total. The minimum absolute atomic E-state index is 0.586. The lowest BCUT2D eigenvalue weighted by molar-refractivity contribution is 0.177. The SMILES string of the molecule is OC(CSc1ccccc1)c1cc2ccccc2o1. The van der Waals surface area contributed by atoms with E-state index >= 15 is 0 Å². The smallest absolute Gasteiger partial charge is 0.134 e. The number of hydrogen-bond donors (Lipinski definition) is 1. The van der Waals surface area contributed by atoms with Gasteiger partial charge in [-0.3, -0.25) is 0 Å². The van der Waals surface area contributed by atoms with Crippen LogP contribution >= 0.6 is 11.8 Å². The van der Waals surface area contributed by atoms with Crippen molar-refractivity contribution in [3.8, 4) is 0 Å². The van der Waals surface area contributed by atoms with Crippen molar-refractivity contribution < 1.29 is 9.52 Å². The number of aliphatic hydroxyl groups is 1. The highest BCUT2D eigenvalue weighted by Gasteiger charge is 2.13. The quantitative estimate of drug-likeness (QED) is 0.719. The Morgan fingerprint density at radius 3 is 2.53 bits per heavy atom. The maximum Gasteiger partial charge on any atom is 0.134 e. The van der Waals surface area contributed by atoms with E-state index < -0.39 is 6.10 Å². The predicted molar refractivity (Wildman–Crippen MR) is 78.3 cm³/mol. The molecule has 3 aromatic rings. The third-order valence-corrected chi connectivity index (χ3v) is 4.01. The van der Waals surface area contributed by atoms with Gasteiger partial charge in [0.2, 0.25) is 0 Å². The van der Waals surface area contributed by atoms with E-state index in [-0.39, 0.29) is 0 Å². The summed E-state index contributed by atoms with van der Waals surface area (Å²) in [6, 6.07) is 19.8. The third-order valence-electron chi connectivity index (χ3n) is 2.92. The van der Waals surface area contributed by atoms with Crippen LogP contribution in [0.25, 0.3) is 11.0 Å². The molecule has 0 aliphatic heterocycles. The summed E-state index contributed by atoms with van der Waals surface area (Å²) in [5.41, 5.74) is 0.821. The van der Waals surface area contributed by atoms with Gasteiger partial charge in [0, 0.05) is 16.0 Å². The Kier molecular flexibility index (Phi) is 3.58. The first-order chi connectivity index (χ1) is 9.33. The van der Waals surface area contributed by atoms with Gasteiger partial charge in [0.1, 0.15) is 17.4 Å². The Morgan fingerprint density at radius 2 is 1.74 bits per heavy atom. The van der Waals surface area contributed by atoms with Gasteiger partial charge in [-0.1, -0.05) is 36.4 Å². The van der Waals surface area contributed by atoms with Gasteiger partial charge in [0.05, 0.1) is 0 Å². The topological polar surface area (TPSA) is 33.4 Å². The van der Waals surface area contributed by atoms with Crippen LogP contribution in [0.3, 0.4) is 0 Å². The molecule has 19 heavy (non-hydrogen) atoms. The van der Waals surface area contributed by atoms with Crippen molar-refractivity contribution >= 4 is 22.7 Å². The lowest BCUT2D eigenvalue weighted by atomic mass is 10.2. The summed E-state index contributed by atoms with van der Waals surface area (Å²) in [6.45, 7) is 0. The molecule has 96 valence electrons. The van der Waals surface area contributed by atoms with Crippen LogP contribution in [0.15, 0.2) is 70.0 Å². The summed E-state index contributed by atoms with van der Waals surface area (Å²) >= 11 is 1.62. The zero-order chi connectivity index (χ0) is 13.1. The van der Waals surface area contributed by atoms with Crippen molar-refractivity contribution in [1.29, 1.82) is 0 Å². The second-order valence-electron chi connectivity index (χ2n) is 4.33. The largest absolute Gasteiger partial charge is 0.458 e. The molecule has 0 saturated heterocycles. The molecule has 0 saturated carbocycles. The molecular formula is C16H14O2S. The Bertz CT molecular complexity index is 628. The normalized spacial score (nSPS) is 12.7. The molecule has 0 aliphatic carbocycles. The zero-order valence-corrected chi connectivity index (χ0v) is 11.1. The van der Waals surface area contributed by atoms with Crippen LogP contribution in [-0.4, -0.2) is 10.9 Å². The first-order valence-corrected chi connectivity index (χ1v) is 7.16. The standard InChI is InChI=1S/C16H14O2S/c17-14(11-19-13-7-2-1-3-8-13)16-10-12-6-4-5-9-15(12)18-16/h1-10,14,17H,11H2. The predicted octanol–water partition coefficient (Wildman–Crippen LogP) is 4.26. The first kappa shape index (κ1) is 12.3. The van der Waals surface area contributed by atoms with Gasteiger partial charge in [0.15, 0.2) is 0 Å². The van der Waals surface area contributed by atoms with Gasteiger partial charge in [-0.2, -0.15) is 0 Å². The third kappa shape index (κ3) is 2.83. The van der Waals surface area contributed by atoms with E-state index in [2.05, 4.69) is 0 Å². The van der Waals surface area contributed by atoms with Crippen molar-refractivity contribution in [2.24, 2.45) is 0 Å². The van der Waals surface area contributed by atoms with Crippen molar-refractivity contribution in [3.63, 3.8) is 0 Å². The number of rotatable bonds is 4. The average Bonchev–Trinajstić information content (AvgIpc) is 2.90. The Labute approximate surface area is 116 Å². The van der Waals surface area contributed by atoms with Gasteiger partial charge in [-0.15, -0.1) is 11.8 Å². The van der Waals surface area contributed by atoms with E-state index in [4.69, 9.17) is 4.42 Å². The van der Waals surface area contributed by atoms with Crippen LogP contribution in [0.5, 0.6) is 0 Å². The van der Waals surface area contributed by atoms with Crippen LogP contribution in [0, 0.1) is 0 Å². The lowest BCUT2D eigenvalue weighted by Gasteiger charge is -2.06. The first-order valence-electron chi connectivity index (χ1n) is 6.17. The zero-order valence-electron chi connectivity index (χ0n) is 10.3. The molecule has 2 nitrogen and oxygen atoms in total. The van der Waals surface area contributed by atoms with E-state index in [1.54, 1.807) is 11.8 Å². The van der Waals surface area contributed by atoms with Crippen LogP contribution < -0.4 is 0 Å². The summed E-state index contributed by atoms with van der Waals surface area (Å²) in [7, 11) is 0. The highest BCUT2D eigenvalue weighted by atomic mass is 32.2. The number of fused-ring (bicyclic) bond motifs is 1. The number of aliphatic hydroxyl groups excluding tert-OH is 1. The monoisotopic (exact) mass is 270 g/mol. The molecule has 1 aromatic heterocycles. The van der Waals surface area contributed by atoms with Crippen molar-refractivity contribution in [2.75, 3.05) is 5.75 Å². The number of para-hydroxylation sites is 1. The minimum Gasteiger partial charge on any atom is -0.458 e. The van der Waals surface area contributed by atoms with Gasteiger partial charge in [-0.25, -0.2) is 0 Å². The van der Waals surface area contributed by atoms with Crippen molar-refractivity contribution in [1.82, 2.24) is 0 Å². The molecule has 3 rings (SSSR count). The Balaban J connectivity index is 1.71. The molecule has 0 radical (unpaired) electrons.